The largest absolute Gasteiger partial charge is 0.394 e. The zero-order valence-corrected chi connectivity index (χ0v) is 15.0. The molecule has 10 heteroatoms. The molecule has 5 N–H and O–H groups in total. The molecule has 0 aromatic carbocycles. The van der Waals surface area contributed by atoms with Crippen molar-refractivity contribution in [3.05, 3.63) is 10.4 Å². The molecule has 1 aromatic rings. The Hall–Kier alpha value is -0.900. The number of nitrogens with one attached hydrogen (secondary N) is 1. The van der Waals surface area contributed by atoms with E-state index in [2.05, 4.69) is 15.3 Å². The van der Waals surface area contributed by atoms with Gasteiger partial charge in [0.2, 0.25) is 5.28 Å². The van der Waals surface area contributed by atoms with Gasteiger partial charge in [-0.25, -0.2) is 4.98 Å². The number of aliphatic hydroxyl groups is 2. The summed E-state index contributed by atoms with van der Waals surface area (Å²) < 4.78 is 11.3. The van der Waals surface area contributed by atoms with Crippen LogP contribution in [0.3, 0.4) is 0 Å². The number of aromatic nitrogens is 2. The van der Waals surface area contributed by atoms with E-state index in [4.69, 9.17) is 43.5 Å². The van der Waals surface area contributed by atoms with Gasteiger partial charge in [-0.05, 0) is 38.3 Å². The first kappa shape index (κ1) is 19.4. The van der Waals surface area contributed by atoms with Gasteiger partial charge in [-0.3, -0.25) is 0 Å². The summed E-state index contributed by atoms with van der Waals surface area (Å²) >= 11 is 11.7. The van der Waals surface area contributed by atoms with E-state index >= 15 is 0 Å². The second kappa shape index (κ2) is 7.99. The Morgan fingerprint density at radius 3 is 2.58 bits per heavy atom. The zero-order valence-electron chi connectivity index (χ0n) is 13.5. The molecule has 1 saturated carbocycles. The molecule has 1 heterocycles. The first-order chi connectivity index (χ1) is 11.2. The topological polar surface area (TPSA) is 123 Å². The predicted octanol–water partition coefficient (Wildman–Crippen LogP) is 1.43. The smallest absolute Gasteiger partial charge is 0.225 e. The van der Waals surface area contributed by atoms with E-state index < -0.39 is 5.79 Å². The Kier molecular flexibility index (Phi) is 6.46. The summed E-state index contributed by atoms with van der Waals surface area (Å²) in [7, 11) is 0. The van der Waals surface area contributed by atoms with Gasteiger partial charge in [-0.15, -0.1) is 0 Å². The van der Waals surface area contributed by atoms with Gasteiger partial charge in [0.1, 0.15) is 5.69 Å². The van der Waals surface area contributed by atoms with Crippen LogP contribution in [0.5, 0.6) is 0 Å². The second-order valence-electron chi connectivity index (χ2n) is 6.09. The highest BCUT2D eigenvalue weighted by Crippen LogP contribution is 2.33. The lowest BCUT2D eigenvalue weighted by Crippen LogP contribution is -2.36. The monoisotopic (exact) mass is 380 g/mol. The maximum absolute atomic E-state index is 9.89. The molecule has 0 saturated heterocycles. The third kappa shape index (κ3) is 5.30. The number of halogens is 2. The van der Waals surface area contributed by atoms with Crippen LogP contribution in [0.15, 0.2) is 0 Å². The fourth-order valence-corrected chi connectivity index (χ4v) is 3.05. The molecule has 0 amide bonds. The molecule has 3 atom stereocenters. The van der Waals surface area contributed by atoms with E-state index in [1.165, 1.54) is 0 Å². The normalized spacial score (nSPS) is 24.3. The fraction of sp³-hybridized carbons (Fsp3) is 0.714. The number of hydrogen-bond acceptors (Lipinski definition) is 8. The van der Waals surface area contributed by atoms with Crippen molar-refractivity contribution in [2.75, 3.05) is 24.3 Å². The Morgan fingerprint density at radius 1 is 1.29 bits per heavy atom. The van der Waals surface area contributed by atoms with E-state index in [9.17, 15) is 5.11 Å². The van der Waals surface area contributed by atoms with Gasteiger partial charge in [0, 0.05) is 6.04 Å². The molecule has 136 valence electrons. The quantitative estimate of drug-likeness (QED) is 0.318. The number of nitrogens with zero attached hydrogens (tertiary/aromatic N) is 2. The third-order valence-corrected chi connectivity index (χ3v) is 3.98. The molecule has 1 unspecified atom stereocenters. The molecule has 1 fully saturated rings. The number of nitrogens with two attached hydrogens (primary N) is 1. The van der Waals surface area contributed by atoms with Crippen LogP contribution in [0.4, 0.5) is 11.5 Å². The minimum Gasteiger partial charge on any atom is -0.394 e. The fourth-order valence-electron chi connectivity index (χ4n) is 2.67. The lowest BCUT2D eigenvalue weighted by molar-refractivity contribution is -0.224. The molecule has 1 aliphatic carbocycles. The minimum atomic E-state index is -1.29. The lowest BCUT2D eigenvalue weighted by Gasteiger charge is -2.27. The highest BCUT2D eigenvalue weighted by Gasteiger charge is 2.39. The van der Waals surface area contributed by atoms with Gasteiger partial charge in [0.25, 0.3) is 0 Å². The number of ether oxygens (including phenoxy) is 2. The summed E-state index contributed by atoms with van der Waals surface area (Å²) in [5.74, 6) is -0.948. The van der Waals surface area contributed by atoms with Gasteiger partial charge in [-0.1, -0.05) is 11.6 Å². The second-order valence-corrected chi connectivity index (χ2v) is 6.79. The number of aliphatic hydroxyl groups excluding tert-OH is 1. The molecule has 2 rings (SSSR count). The summed E-state index contributed by atoms with van der Waals surface area (Å²) in [6.45, 7) is 3.21. The van der Waals surface area contributed by atoms with Gasteiger partial charge in [-0.2, -0.15) is 4.98 Å². The van der Waals surface area contributed by atoms with Crippen LogP contribution in [-0.4, -0.2) is 57.4 Å². The number of hydrogen-bond donors (Lipinski definition) is 4. The van der Waals surface area contributed by atoms with E-state index in [0.29, 0.717) is 18.7 Å². The average molecular weight is 381 g/mol. The summed E-state index contributed by atoms with van der Waals surface area (Å²) in [6.07, 6.45) is 0.510. The molecular formula is C14H22Cl2N4O4. The standard InChI is InChI=1S/C14H22Cl2N4O4/c1-14(2,22)24-9-6-7(5-8(9)23-4-3-21)18-12-10(17)11(15)19-13(16)20-12/h7-9,21-22H,3-6,17H2,1-2H3,(H,18,19,20)/t7-,8+,9?/m1/s1. The van der Waals surface area contributed by atoms with Crippen LogP contribution in [0.1, 0.15) is 26.7 Å². The van der Waals surface area contributed by atoms with E-state index in [-0.39, 0.29) is 47.6 Å². The van der Waals surface area contributed by atoms with Crippen molar-refractivity contribution in [3.63, 3.8) is 0 Å². The molecule has 0 aliphatic heterocycles. The van der Waals surface area contributed by atoms with Gasteiger partial charge < -0.3 is 30.7 Å². The van der Waals surface area contributed by atoms with E-state index in [0.717, 1.165) is 0 Å². The van der Waals surface area contributed by atoms with Crippen molar-refractivity contribution in [2.45, 2.75) is 50.7 Å². The number of rotatable bonds is 7. The van der Waals surface area contributed by atoms with Crippen LogP contribution < -0.4 is 11.1 Å². The van der Waals surface area contributed by atoms with Crippen molar-refractivity contribution in [3.8, 4) is 0 Å². The van der Waals surface area contributed by atoms with E-state index in [1.54, 1.807) is 13.8 Å². The van der Waals surface area contributed by atoms with Gasteiger partial charge in [0.15, 0.2) is 16.8 Å². The van der Waals surface area contributed by atoms with Crippen molar-refractivity contribution < 1.29 is 19.7 Å². The van der Waals surface area contributed by atoms with Crippen LogP contribution >= 0.6 is 23.2 Å². The van der Waals surface area contributed by atoms with E-state index in [1.807, 2.05) is 0 Å². The van der Waals surface area contributed by atoms with Crippen molar-refractivity contribution in [1.29, 1.82) is 0 Å². The van der Waals surface area contributed by atoms with Crippen molar-refractivity contribution in [1.82, 2.24) is 9.97 Å². The average Bonchev–Trinajstić information content (AvgIpc) is 2.81. The van der Waals surface area contributed by atoms with Gasteiger partial charge >= 0.3 is 0 Å². The Labute approximate surface area is 150 Å². The Morgan fingerprint density at radius 2 is 1.96 bits per heavy atom. The summed E-state index contributed by atoms with van der Waals surface area (Å²) in [5, 5.41) is 22.1. The van der Waals surface area contributed by atoms with Crippen LogP contribution in [0.2, 0.25) is 10.4 Å². The molecule has 24 heavy (non-hydrogen) atoms. The number of nitrogen functional groups attached to an aromatic ring is 1. The molecular weight excluding hydrogens is 359 g/mol. The first-order valence-electron chi connectivity index (χ1n) is 7.57. The molecule has 1 aliphatic rings. The maximum atomic E-state index is 9.89. The Bertz CT molecular complexity index is 570. The highest BCUT2D eigenvalue weighted by molar-refractivity contribution is 6.34. The lowest BCUT2D eigenvalue weighted by atomic mass is 10.2. The Balaban J connectivity index is 2.09. The summed E-state index contributed by atoms with van der Waals surface area (Å²) in [5.41, 5.74) is 6.08. The SMILES string of the molecule is CC(C)(O)OC1C[C@H](Nc2nc(Cl)nc(Cl)c2N)C[C@@H]1OCCO. The van der Waals surface area contributed by atoms with Gasteiger partial charge in [0.05, 0.1) is 25.4 Å². The van der Waals surface area contributed by atoms with Crippen LogP contribution in [-0.2, 0) is 9.47 Å². The molecule has 1 aromatic heterocycles. The number of anilines is 2. The minimum absolute atomic E-state index is 0.00734. The molecule has 0 radical (unpaired) electrons. The van der Waals surface area contributed by atoms with Crippen molar-refractivity contribution >= 4 is 34.7 Å². The predicted molar refractivity (Wildman–Crippen MR) is 91.1 cm³/mol. The highest BCUT2D eigenvalue weighted by atomic mass is 35.5. The summed E-state index contributed by atoms with van der Waals surface area (Å²) in [6, 6.07) is -0.0784. The first-order valence-corrected chi connectivity index (χ1v) is 8.33. The van der Waals surface area contributed by atoms with Crippen LogP contribution in [0, 0.1) is 0 Å². The molecule has 0 bridgehead atoms. The molecule has 0 spiro atoms. The molecule has 8 nitrogen and oxygen atoms in total. The third-order valence-electron chi connectivity index (χ3n) is 3.52. The van der Waals surface area contributed by atoms with Crippen LogP contribution in [0.25, 0.3) is 0 Å². The van der Waals surface area contributed by atoms with Crippen molar-refractivity contribution in [2.24, 2.45) is 0 Å². The zero-order chi connectivity index (χ0) is 17.9. The summed E-state index contributed by atoms with van der Waals surface area (Å²) in [4.78, 5) is 7.82. The maximum Gasteiger partial charge on any atom is 0.225 e.